The summed E-state index contributed by atoms with van der Waals surface area (Å²) < 4.78 is 4.48. The topological polar surface area (TPSA) is 9.86 Å². The second-order valence-electron chi connectivity index (χ2n) is 9.24. The second-order valence-corrected chi connectivity index (χ2v) is 9.24. The van der Waals surface area contributed by atoms with E-state index in [9.17, 15) is 0 Å². The van der Waals surface area contributed by atoms with E-state index in [2.05, 4.69) is 155 Å². The molecule has 0 spiro atoms. The number of rotatable bonds is 4. The van der Waals surface area contributed by atoms with Crippen molar-refractivity contribution in [2.24, 2.45) is 0 Å². The molecule has 0 aliphatic heterocycles. The fraction of sp³-hybridized carbons (Fsp3) is 0. The highest BCUT2D eigenvalue weighted by atomic mass is 15.0. The third kappa shape index (κ3) is 3.60. The van der Waals surface area contributed by atoms with Crippen LogP contribution in [0.3, 0.4) is 0 Å². The summed E-state index contributed by atoms with van der Waals surface area (Å²) in [5, 5.41) is 5.00. The lowest BCUT2D eigenvalue weighted by Crippen LogP contribution is -1.90. The molecule has 2 nitrogen and oxygen atoms in total. The molecule has 0 saturated heterocycles. The molecule has 0 aliphatic rings. The molecule has 0 aliphatic carbocycles. The standard InChI is InChI=1S/C34H24N2/c1-3-9-25(10-4-1)27-13-7-15-31(19-27)35-21-29-17-18-30-22-36(24-34(30)33(29)23-35)32-16-8-14-28(20-32)26-11-5-2-6-12-26/h1-24H. The predicted molar refractivity (Wildman–Crippen MR) is 151 cm³/mol. The van der Waals surface area contributed by atoms with E-state index in [-0.39, 0.29) is 0 Å². The van der Waals surface area contributed by atoms with Crippen molar-refractivity contribution in [3.05, 3.63) is 146 Å². The first kappa shape index (κ1) is 20.5. The van der Waals surface area contributed by atoms with Crippen molar-refractivity contribution in [2.45, 2.75) is 0 Å². The molecule has 2 heterocycles. The van der Waals surface area contributed by atoms with Gasteiger partial charge in [-0.1, -0.05) is 97.1 Å². The van der Waals surface area contributed by atoms with Gasteiger partial charge in [0.25, 0.3) is 0 Å². The Balaban J connectivity index is 1.30. The molecule has 0 radical (unpaired) electrons. The van der Waals surface area contributed by atoms with E-state index in [4.69, 9.17) is 0 Å². The van der Waals surface area contributed by atoms with Gasteiger partial charge in [-0.3, -0.25) is 0 Å². The molecular weight excluding hydrogens is 436 g/mol. The molecule has 2 aromatic heterocycles. The molecule has 36 heavy (non-hydrogen) atoms. The van der Waals surface area contributed by atoms with Crippen LogP contribution in [0.4, 0.5) is 0 Å². The Hall–Kier alpha value is -4.82. The van der Waals surface area contributed by atoms with Crippen LogP contribution in [-0.2, 0) is 0 Å². The van der Waals surface area contributed by atoms with E-state index in [1.54, 1.807) is 0 Å². The van der Waals surface area contributed by atoms with Crippen molar-refractivity contribution >= 4 is 21.5 Å². The normalized spacial score (nSPS) is 11.3. The molecule has 0 fully saturated rings. The predicted octanol–water partition coefficient (Wildman–Crippen LogP) is 8.91. The lowest BCUT2D eigenvalue weighted by Gasteiger charge is -2.07. The molecule has 0 saturated carbocycles. The molecule has 5 aromatic carbocycles. The molecule has 170 valence electrons. The van der Waals surface area contributed by atoms with Crippen molar-refractivity contribution in [3.8, 4) is 33.6 Å². The molecule has 7 aromatic rings. The maximum Gasteiger partial charge on any atom is 0.0456 e. The molecule has 0 amide bonds. The number of hydrogen-bond donors (Lipinski definition) is 0. The highest BCUT2D eigenvalue weighted by Crippen LogP contribution is 2.31. The zero-order chi connectivity index (χ0) is 23.9. The van der Waals surface area contributed by atoms with Crippen LogP contribution in [0.15, 0.2) is 146 Å². The SMILES string of the molecule is c1ccc(-c2cccc(-n3cc4ccc5cn(-c6cccc(-c7ccccc7)c6)cc5c4c3)c2)cc1. The van der Waals surface area contributed by atoms with Gasteiger partial charge in [-0.25, -0.2) is 0 Å². The van der Waals surface area contributed by atoms with Gasteiger partial charge in [0.1, 0.15) is 0 Å². The van der Waals surface area contributed by atoms with Gasteiger partial charge in [-0.05, 0) is 46.5 Å². The summed E-state index contributed by atoms with van der Waals surface area (Å²) in [5.41, 5.74) is 7.23. The number of hydrogen-bond acceptors (Lipinski definition) is 0. The Morgan fingerprint density at radius 3 is 1.19 bits per heavy atom. The van der Waals surface area contributed by atoms with Gasteiger partial charge in [-0.15, -0.1) is 0 Å². The van der Waals surface area contributed by atoms with E-state index in [1.165, 1.54) is 43.8 Å². The van der Waals surface area contributed by atoms with E-state index in [0.717, 1.165) is 11.4 Å². The fourth-order valence-electron chi connectivity index (χ4n) is 5.09. The Morgan fingerprint density at radius 2 is 0.750 bits per heavy atom. The minimum absolute atomic E-state index is 1.16. The second kappa shape index (κ2) is 8.44. The molecule has 0 bridgehead atoms. The van der Waals surface area contributed by atoms with Crippen LogP contribution in [0, 0.1) is 0 Å². The largest absolute Gasteiger partial charge is 0.323 e. The van der Waals surface area contributed by atoms with E-state index < -0.39 is 0 Å². The summed E-state index contributed by atoms with van der Waals surface area (Å²) in [5.74, 6) is 0. The van der Waals surface area contributed by atoms with E-state index in [1.807, 2.05) is 0 Å². The monoisotopic (exact) mass is 460 g/mol. The smallest absolute Gasteiger partial charge is 0.0456 e. The lowest BCUT2D eigenvalue weighted by atomic mass is 10.1. The van der Waals surface area contributed by atoms with Gasteiger partial charge in [0.05, 0.1) is 0 Å². The number of fused-ring (bicyclic) bond motifs is 3. The van der Waals surface area contributed by atoms with E-state index >= 15 is 0 Å². The minimum atomic E-state index is 1.16. The number of aromatic nitrogens is 2. The maximum absolute atomic E-state index is 2.26. The highest BCUT2D eigenvalue weighted by molar-refractivity contribution is 6.07. The van der Waals surface area contributed by atoms with E-state index in [0.29, 0.717) is 0 Å². The van der Waals surface area contributed by atoms with Gasteiger partial charge in [0.15, 0.2) is 0 Å². The summed E-state index contributed by atoms with van der Waals surface area (Å²) >= 11 is 0. The minimum Gasteiger partial charge on any atom is -0.323 e. The van der Waals surface area contributed by atoms with Crippen LogP contribution in [-0.4, -0.2) is 9.13 Å². The zero-order valence-corrected chi connectivity index (χ0v) is 19.8. The number of benzene rings is 5. The summed E-state index contributed by atoms with van der Waals surface area (Å²) in [6, 6.07) is 43.0. The summed E-state index contributed by atoms with van der Waals surface area (Å²) in [6.45, 7) is 0. The maximum atomic E-state index is 2.26. The fourth-order valence-corrected chi connectivity index (χ4v) is 5.09. The van der Waals surface area contributed by atoms with Crippen LogP contribution in [0.25, 0.3) is 55.2 Å². The summed E-state index contributed by atoms with van der Waals surface area (Å²) in [6.07, 6.45) is 8.97. The first-order valence-electron chi connectivity index (χ1n) is 12.3. The van der Waals surface area contributed by atoms with Crippen molar-refractivity contribution in [2.75, 3.05) is 0 Å². The summed E-state index contributed by atoms with van der Waals surface area (Å²) in [4.78, 5) is 0. The molecule has 0 N–H and O–H groups in total. The van der Waals surface area contributed by atoms with Gasteiger partial charge in [0, 0.05) is 57.7 Å². The average molecular weight is 461 g/mol. The first-order valence-corrected chi connectivity index (χ1v) is 12.3. The van der Waals surface area contributed by atoms with Crippen molar-refractivity contribution < 1.29 is 0 Å². The quantitative estimate of drug-likeness (QED) is 0.248. The zero-order valence-electron chi connectivity index (χ0n) is 19.8. The van der Waals surface area contributed by atoms with Gasteiger partial charge < -0.3 is 9.13 Å². The average Bonchev–Trinajstić information content (AvgIpc) is 3.59. The van der Waals surface area contributed by atoms with Crippen LogP contribution in [0.5, 0.6) is 0 Å². The Bertz CT molecular complexity index is 1690. The Morgan fingerprint density at radius 1 is 0.333 bits per heavy atom. The molecule has 0 unspecified atom stereocenters. The molecule has 0 atom stereocenters. The van der Waals surface area contributed by atoms with Gasteiger partial charge in [0.2, 0.25) is 0 Å². The van der Waals surface area contributed by atoms with Crippen molar-refractivity contribution in [3.63, 3.8) is 0 Å². The van der Waals surface area contributed by atoms with Crippen LogP contribution >= 0.6 is 0 Å². The lowest BCUT2D eigenvalue weighted by molar-refractivity contribution is 1.09. The highest BCUT2D eigenvalue weighted by Gasteiger charge is 2.10. The van der Waals surface area contributed by atoms with Gasteiger partial charge in [-0.2, -0.15) is 0 Å². The molecular formula is C34H24N2. The summed E-state index contributed by atoms with van der Waals surface area (Å²) in [7, 11) is 0. The van der Waals surface area contributed by atoms with Crippen LogP contribution in [0.2, 0.25) is 0 Å². The van der Waals surface area contributed by atoms with Gasteiger partial charge >= 0.3 is 0 Å². The van der Waals surface area contributed by atoms with Crippen LogP contribution < -0.4 is 0 Å². The molecule has 7 rings (SSSR count). The van der Waals surface area contributed by atoms with Crippen molar-refractivity contribution in [1.82, 2.24) is 9.13 Å². The van der Waals surface area contributed by atoms with Crippen molar-refractivity contribution in [1.29, 1.82) is 0 Å². The Labute approximate surface area is 210 Å². The third-order valence-corrected chi connectivity index (χ3v) is 6.95. The first-order chi connectivity index (χ1) is 17.8. The Kier molecular flexibility index (Phi) is 4.82. The van der Waals surface area contributed by atoms with Crippen LogP contribution in [0.1, 0.15) is 0 Å². The number of nitrogens with zero attached hydrogens (tertiary/aromatic N) is 2. The third-order valence-electron chi connectivity index (χ3n) is 6.95. The molecule has 2 heteroatoms.